The smallest absolute Gasteiger partial charge is 0.0912 e. The largest absolute Gasteiger partial charge is 0.392 e. The van der Waals surface area contributed by atoms with E-state index in [4.69, 9.17) is 10.4 Å². The number of aliphatic hydroxyl groups excluding tert-OH is 1. The van der Waals surface area contributed by atoms with Crippen molar-refractivity contribution in [3.63, 3.8) is 0 Å². The minimum absolute atomic E-state index is 0.0275. The van der Waals surface area contributed by atoms with Crippen LogP contribution in [0.5, 0.6) is 0 Å². The van der Waals surface area contributed by atoms with Crippen LogP contribution in [-0.4, -0.2) is 11.7 Å². The van der Waals surface area contributed by atoms with Crippen LogP contribution in [0.25, 0.3) is 0 Å². The van der Waals surface area contributed by atoms with Crippen LogP contribution in [0.2, 0.25) is 0 Å². The molecule has 0 amide bonds. The zero-order chi connectivity index (χ0) is 9.23. The maximum absolute atomic E-state index is 8.79. The van der Waals surface area contributed by atoms with Gasteiger partial charge in [-0.05, 0) is 18.4 Å². The lowest BCUT2D eigenvalue weighted by Gasteiger charge is -2.00. The van der Waals surface area contributed by atoms with Crippen LogP contribution in [-0.2, 0) is 0 Å². The van der Waals surface area contributed by atoms with Gasteiger partial charge in [0, 0.05) is 6.08 Å². The van der Waals surface area contributed by atoms with Gasteiger partial charge in [-0.25, -0.2) is 0 Å². The lowest BCUT2D eigenvalue weighted by molar-refractivity contribution is 0.325. The van der Waals surface area contributed by atoms with E-state index in [1.54, 1.807) is 0 Å². The first-order valence-corrected chi connectivity index (χ1v) is 4.53. The highest BCUT2D eigenvalue weighted by molar-refractivity contribution is 5.13. The molecule has 0 aromatic carbocycles. The fraction of sp³-hybridized carbons (Fsp3) is 0.700. The summed E-state index contributed by atoms with van der Waals surface area (Å²) in [5.41, 5.74) is 0.855. The van der Waals surface area contributed by atoms with Crippen molar-refractivity contribution in [3.8, 4) is 6.07 Å². The zero-order valence-electron chi connectivity index (χ0n) is 7.71. The molecular formula is C10H17NO. The molecule has 0 aliphatic heterocycles. The van der Waals surface area contributed by atoms with E-state index in [1.807, 2.05) is 6.07 Å². The van der Waals surface area contributed by atoms with E-state index < -0.39 is 0 Å². The Bertz CT molecular complexity index is 167. The van der Waals surface area contributed by atoms with E-state index in [1.165, 1.54) is 25.3 Å². The van der Waals surface area contributed by atoms with Gasteiger partial charge in [-0.1, -0.05) is 26.2 Å². The van der Waals surface area contributed by atoms with Gasteiger partial charge >= 0.3 is 0 Å². The van der Waals surface area contributed by atoms with Gasteiger partial charge in [0.2, 0.25) is 0 Å². The van der Waals surface area contributed by atoms with Gasteiger partial charge in [0.25, 0.3) is 0 Å². The van der Waals surface area contributed by atoms with E-state index in [0.717, 1.165) is 18.4 Å². The van der Waals surface area contributed by atoms with Gasteiger partial charge in [-0.15, -0.1) is 0 Å². The summed E-state index contributed by atoms with van der Waals surface area (Å²) in [5.74, 6) is 0. The molecule has 0 aromatic rings. The molecule has 68 valence electrons. The molecule has 0 heterocycles. The lowest BCUT2D eigenvalue weighted by Crippen LogP contribution is -1.90. The van der Waals surface area contributed by atoms with E-state index in [0.29, 0.717) is 0 Å². The van der Waals surface area contributed by atoms with Crippen LogP contribution in [0.4, 0.5) is 0 Å². The van der Waals surface area contributed by atoms with Gasteiger partial charge in [-0.2, -0.15) is 5.26 Å². The van der Waals surface area contributed by atoms with E-state index in [9.17, 15) is 0 Å². The molecule has 0 bridgehead atoms. The fourth-order valence-corrected chi connectivity index (χ4v) is 1.07. The van der Waals surface area contributed by atoms with Crippen molar-refractivity contribution in [2.75, 3.05) is 6.61 Å². The minimum Gasteiger partial charge on any atom is -0.392 e. The maximum Gasteiger partial charge on any atom is 0.0912 e. The molecule has 1 N–H and O–H groups in total. The molecule has 0 aliphatic carbocycles. The summed E-state index contributed by atoms with van der Waals surface area (Å²) >= 11 is 0. The molecule has 0 fully saturated rings. The molecule has 0 aliphatic rings. The number of hydrogen-bond acceptors (Lipinski definition) is 2. The first-order valence-electron chi connectivity index (χ1n) is 4.53. The molecule has 0 atom stereocenters. The lowest BCUT2D eigenvalue weighted by atomic mass is 10.1. The van der Waals surface area contributed by atoms with E-state index in [2.05, 4.69) is 6.92 Å². The first kappa shape index (κ1) is 11.2. The van der Waals surface area contributed by atoms with Gasteiger partial charge in [0.05, 0.1) is 12.7 Å². The molecule has 0 saturated heterocycles. The SMILES string of the molecule is CCCCCC/C(=C\C#N)CO. The van der Waals surface area contributed by atoms with Crippen LogP contribution in [0.3, 0.4) is 0 Å². The predicted octanol–water partition coefficient (Wildman–Crippen LogP) is 2.40. The van der Waals surface area contributed by atoms with Crippen molar-refractivity contribution in [2.24, 2.45) is 0 Å². The van der Waals surface area contributed by atoms with Crippen molar-refractivity contribution in [3.05, 3.63) is 11.6 Å². The fourth-order valence-electron chi connectivity index (χ4n) is 1.07. The third kappa shape index (κ3) is 5.94. The van der Waals surface area contributed by atoms with Crippen LogP contribution in [0.1, 0.15) is 39.0 Å². The molecular weight excluding hydrogens is 150 g/mol. The van der Waals surface area contributed by atoms with E-state index >= 15 is 0 Å². The molecule has 0 aromatic heterocycles. The summed E-state index contributed by atoms with van der Waals surface area (Å²) in [6.45, 7) is 2.19. The van der Waals surface area contributed by atoms with E-state index in [-0.39, 0.29) is 6.61 Å². The Hall–Kier alpha value is -0.810. The Morgan fingerprint density at radius 1 is 1.42 bits per heavy atom. The zero-order valence-corrected chi connectivity index (χ0v) is 7.71. The van der Waals surface area contributed by atoms with Crippen LogP contribution in [0, 0.1) is 11.3 Å². The standard InChI is InChI=1S/C10H17NO/c1-2-3-4-5-6-10(9-12)7-8-11/h7,12H,2-6,9H2,1H3/b10-7+. The first-order chi connectivity index (χ1) is 5.85. The summed E-state index contributed by atoms with van der Waals surface area (Å²) in [4.78, 5) is 0. The number of allylic oxidation sites excluding steroid dienone is 1. The molecule has 2 nitrogen and oxygen atoms in total. The molecule has 12 heavy (non-hydrogen) atoms. The van der Waals surface area contributed by atoms with Crippen molar-refractivity contribution in [1.29, 1.82) is 5.26 Å². The number of nitrogens with zero attached hydrogens (tertiary/aromatic N) is 1. The summed E-state index contributed by atoms with van der Waals surface area (Å²) in [6.07, 6.45) is 7.05. The number of aliphatic hydroxyl groups is 1. The Labute approximate surface area is 74.5 Å². The second kappa shape index (κ2) is 8.29. The predicted molar refractivity (Wildman–Crippen MR) is 49.5 cm³/mol. The average Bonchev–Trinajstić information content (AvgIpc) is 2.10. The molecule has 0 saturated carbocycles. The van der Waals surface area contributed by atoms with Crippen LogP contribution < -0.4 is 0 Å². The highest BCUT2D eigenvalue weighted by Gasteiger charge is 1.94. The minimum atomic E-state index is 0.0275. The van der Waals surface area contributed by atoms with Crippen molar-refractivity contribution in [1.82, 2.24) is 0 Å². The van der Waals surface area contributed by atoms with Crippen molar-refractivity contribution < 1.29 is 5.11 Å². The average molecular weight is 167 g/mol. The number of hydrogen-bond donors (Lipinski definition) is 1. The second-order valence-electron chi connectivity index (χ2n) is 2.90. The van der Waals surface area contributed by atoms with Gasteiger partial charge in [0.1, 0.15) is 0 Å². The number of rotatable bonds is 6. The van der Waals surface area contributed by atoms with Gasteiger partial charge in [0.15, 0.2) is 0 Å². The van der Waals surface area contributed by atoms with Gasteiger partial charge < -0.3 is 5.11 Å². The number of nitriles is 1. The summed E-state index contributed by atoms with van der Waals surface area (Å²) in [6, 6.07) is 1.94. The quantitative estimate of drug-likeness (QED) is 0.487. The van der Waals surface area contributed by atoms with Crippen LogP contribution >= 0.6 is 0 Å². The van der Waals surface area contributed by atoms with Gasteiger partial charge in [-0.3, -0.25) is 0 Å². The Morgan fingerprint density at radius 2 is 2.17 bits per heavy atom. The topological polar surface area (TPSA) is 44.0 Å². The highest BCUT2D eigenvalue weighted by Crippen LogP contribution is 2.08. The maximum atomic E-state index is 8.79. The summed E-state index contributed by atoms with van der Waals surface area (Å²) < 4.78 is 0. The molecule has 0 radical (unpaired) electrons. The number of unbranched alkanes of at least 4 members (excludes halogenated alkanes) is 3. The monoisotopic (exact) mass is 167 g/mol. The summed E-state index contributed by atoms with van der Waals surface area (Å²) in [7, 11) is 0. The molecule has 2 heteroatoms. The highest BCUT2D eigenvalue weighted by atomic mass is 16.3. The Kier molecular flexibility index (Phi) is 7.73. The molecule has 0 unspecified atom stereocenters. The summed E-state index contributed by atoms with van der Waals surface area (Å²) in [5, 5.41) is 17.1. The normalized spacial score (nSPS) is 11.2. The third-order valence-corrected chi connectivity index (χ3v) is 1.82. The third-order valence-electron chi connectivity index (χ3n) is 1.82. The second-order valence-corrected chi connectivity index (χ2v) is 2.90. The van der Waals surface area contributed by atoms with Crippen molar-refractivity contribution >= 4 is 0 Å². The molecule has 0 rings (SSSR count). The Morgan fingerprint density at radius 3 is 2.67 bits per heavy atom. The van der Waals surface area contributed by atoms with Crippen molar-refractivity contribution in [2.45, 2.75) is 39.0 Å². The molecule has 0 spiro atoms. The van der Waals surface area contributed by atoms with Crippen LogP contribution in [0.15, 0.2) is 11.6 Å². The Balaban J connectivity index is 3.47.